The van der Waals surface area contributed by atoms with Crippen molar-refractivity contribution in [1.29, 1.82) is 0 Å². The molecule has 0 spiro atoms. The fourth-order valence-electron chi connectivity index (χ4n) is 2.92. The van der Waals surface area contributed by atoms with Crippen molar-refractivity contribution in [3.05, 3.63) is 23.9 Å². The molecule has 2 aliphatic heterocycles. The van der Waals surface area contributed by atoms with Gasteiger partial charge in [0.25, 0.3) is 0 Å². The summed E-state index contributed by atoms with van der Waals surface area (Å²) in [4.78, 5) is 13.6. The summed E-state index contributed by atoms with van der Waals surface area (Å²) in [5.74, 6) is 4.05. The maximum Gasteiger partial charge on any atom is 0.191 e. The Morgan fingerprint density at radius 3 is 2.73 bits per heavy atom. The Hall–Kier alpha value is -1.43. The molecule has 120 valence electrons. The summed E-state index contributed by atoms with van der Waals surface area (Å²) in [6, 6.07) is 4.20. The zero-order valence-corrected chi connectivity index (χ0v) is 13.9. The lowest BCUT2D eigenvalue weighted by atomic mass is 10.1. The van der Waals surface area contributed by atoms with Gasteiger partial charge >= 0.3 is 0 Å². The van der Waals surface area contributed by atoms with E-state index in [1.807, 2.05) is 24.0 Å². The molecule has 0 saturated carbocycles. The van der Waals surface area contributed by atoms with Crippen LogP contribution < -0.4 is 10.6 Å². The highest BCUT2D eigenvalue weighted by molar-refractivity contribution is 7.99. The van der Waals surface area contributed by atoms with E-state index < -0.39 is 0 Å². The molecule has 2 N–H and O–H groups in total. The van der Waals surface area contributed by atoms with Crippen LogP contribution in [-0.4, -0.2) is 53.5 Å². The molecule has 0 unspecified atom stereocenters. The number of guanidine groups is 1. The predicted octanol–water partition coefficient (Wildman–Crippen LogP) is 1.94. The molecule has 1 aromatic rings. The second-order valence-electron chi connectivity index (χ2n) is 5.84. The third-order valence-corrected chi connectivity index (χ3v) is 5.19. The van der Waals surface area contributed by atoms with Gasteiger partial charge in [-0.2, -0.15) is 11.8 Å². The third-order valence-electron chi connectivity index (χ3n) is 4.25. The molecule has 22 heavy (non-hydrogen) atoms. The van der Waals surface area contributed by atoms with Crippen molar-refractivity contribution in [3.63, 3.8) is 0 Å². The van der Waals surface area contributed by atoms with Gasteiger partial charge in [-0.15, -0.1) is 0 Å². The molecule has 0 amide bonds. The Bertz CT molecular complexity index is 507. The molecular formula is C16H25N5S. The van der Waals surface area contributed by atoms with E-state index >= 15 is 0 Å². The molecule has 3 rings (SSSR count). The fraction of sp³-hybridized carbons (Fsp3) is 0.625. The van der Waals surface area contributed by atoms with Crippen LogP contribution in [0, 0.1) is 0 Å². The smallest absolute Gasteiger partial charge is 0.191 e. The van der Waals surface area contributed by atoms with E-state index in [2.05, 4.69) is 25.8 Å². The first kappa shape index (κ1) is 15.5. The number of piperidine rings is 1. The molecule has 2 saturated heterocycles. The molecule has 0 bridgehead atoms. The number of rotatable bonds is 3. The second-order valence-corrected chi connectivity index (χ2v) is 7.07. The van der Waals surface area contributed by atoms with Crippen LogP contribution in [0.2, 0.25) is 0 Å². The SMILES string of the molecule is NC(=NCc1ccnc(N2CCCCC2)c1)N1CCSCC1. The minimum Gasteiger partial charge on any atom is -0.370 e. The lowest BCUT2D eigenvalue weighted by Gasteiger charge is -2.28. The summed E-state index contributed by atoms with van der Waals surface area (Å²) in [5, 5.41) is 0. The van der Waals surface area contributed by atoms with E-state index in [0.717, 1.165) is 43.5 Å². The van der Waals surface area contributed by atoms with Crippen LogP contribution in [0.5, 0.6) is 0 Å². The summed E-state index contributed by atoms with van der Waals surface area (Å²) >= 11 is 1.98. The summed E-state index contributed by atoms with van der Waals surface area (Å²) in [7, 11) is 0. The van der Waals surface area contributed by atoms with Gasteiger partial charge in [-0.05, 0) is 37.0 Å². The Balaban J connectivity index is 1.62. The molecule has 0 aromatic carbocycles. The molecule has 3 heterocycles. The van der Waals surface area contributed by atoms with Crippen molar-refractivity contribution in [3.8, 4) is 0 Å². The van der Waals surface area contributed by atoms with Gasteiger partial charge in [-0.1, -0.05) is 0 Å². The number of hydrogen-bond donors (Lipinski definition) is 1. The molecule has 1 aromatic heterocycles. The summed E-state index contributed by atoms with van der Waals surface area (Å²) in [6.07, 6.45) is 5.77. The Kier molecular flexibility index (Phi) is 5.43. The highest BCUT2D eigenvalue weighted by atomic mass is 32.2. The zero-order valence-electron chi connectivity index (χ0n) is 13.1. The minimum atomic E-state index is 0.638. The second kappa shape index (κ2) is 7.72. The van der Waals surface area contributed by atoms with Crippen molar-refractivity contribution in [2.75, 3.05) is 42.6 Å². The lowest BCUT2D eigenvalue weighted by Crippen LogP contribution is -2.42. The first-order valence-electron chi connectivity index (χ1n) is 8.15. The summed E-state index contributed by atoms with van der Waals surface area (Å²) in [6.45, 7) is 4.89. The van der Waals surface area contributed by atoms with E-state index in [4.69, 9.17) is 5.73 Å². The molecule has 5 nitrogen and oxygen atoms in total. The van der Waals surface area contributed by atoms with Gasteiger partial charge in [-0.25, -0.2) is 9.98 Å². The van der Waals surface area contributed by atoms with Gasteiger partial charge in [0.2, 0.25) is 0 Å². The highest BCUT2D eigenvalue weighted by Crippen LogP contribution is 2.18. The Morgan fingerprint density at radius 2 is 1.95 bits per heavy atom. The molecule has 6 heteroatoms. The van der Waals surface area contributed by atoms with Gasteiger partial charge in [0.15, 0.2) is 5.96 Å². The monoisotopic (exact) mass is 319 g/mol. The average Bonchev–Trinajstić information content (AvgIpc) is 2.61. The number of anilines is 1. The first-order chi connectivity index (χ1) is 10.8. The van der Waals surface area contributed by atoms with Crippen LogP contribution in [0.1, 0.15) is 24.8 Å². The molecule has 2 aliphatic rings. The van der Waals surface area contributed by atoms with Crippen LogP contribution in [0.3, 0.4) is 0 Å². The van der Waals surface area contributed by atoms with Crippen molar-refractivity contribution in [1.82, 2.24) is 9.88 Å². The Morgan fingerprint density at radius 1 is 1.18 bits per heavy atom. The number of nitrogens with two attached hydrogens (primary N) is 1. The summed E-state index contributed by atoms with van der Waals surface area (Å²) < 4.78 is 0. The zero-order chi connectivity index (χ0) is 15.2. The largest absolute Gasteiger partial charge is 0.370 e. The van der Waals surface area contributed by atoms with Crippen LogP contribution in [0.25, 0.3) is 0 Å². The average molecular weight is 319 g/mol. The molecule has 0 radical (unpaired) electrons. The maximum atomic E-state index is 6.12. The van der Waals surface area contributed by atoms with E-state index in [1.54, 1.807) is 0 Å². The number of aliphatic imine (C=N–C) groups is 1. The number of nitrogens with zero attached hydrogens (tertiary/aromatic N) is 4. The molecular weight excluding hydrogens is 294 g/mol. The number of pyridine rings is 1. The third kappa shape index (κ3) is 4.06. The van der Waals surface area contributed by atoms with Crippen molar-refractivity contribution in [2.24, 2.45) is 10.7 Å². The first-order valence-corrected chi connectivity index (χ1v) is 9.31. The lowest BCUT2D eigenvalue weighted by molar-refractivity contribution is 0.455. The predicted molar refractivity (Wildman–Crippen MR) is 94.5 cm³/mol. The molecule has 2 fully saturated rings. The molecule has 0 atom stereocenters. The number of aromatic nitrogens is 1. The fourth-order valence-corrected chi connectivity index (χ4v) is 3.82. The number of thioether (sulfide) groups is 1. The van der Waals surface area contributed by atoms with E-state index in [1.165, 1.54) is 24.8 Å². The highest BCUT2D eigenvalue weighted by Gasteiger charge is 2.13. The van der Waals surface area contributed by atoms with Crippen LogP contribution in [-0.2, 0) is 6.54 Å². The Labute approximate surface area is 137 Å². The maximum absolute atomic E-state index is 6.12. The van der Waals surface area contributed by atoms with Gasteiger partial charge in [0.1, 0.15) is 5.82 Å². The van der Waals surface area contributed by atoms with Gasteiger partial charge in [-0.3, -0.25) is 0 Å². The van der Waals surface area contributed by atoms with Gasteiger partial charge in [0, 0.05) is 43.9 Å². The van der Waals surface area contributed by atoms with Crippen LogP contribution in [0.15, 0.2) is 23.3 Å². The van der Waals surface area contributed by atoms with Crippen molar-refractivity contribution in [2.45, 2.75) is 25.8 Å². The standard InChI is InChI=1S/C16H25N5S/c17-16(21-8-10-22-11-9-21)19-13-14-4-5-18-15(12-14)20-6-2-1-3-7-20/h4-5,12H,1-3,6-11,13H2,(H2,17,19). The topological polar surface area (TPSA) is 57.8 Å². The van der Waals surface area contributed by atoms with E-state index in [-0.39, 0.29) is 0 Å². The minimum absolute atomic E-state index is 0.638. The van der Waals surface area contributed by atoms with Crippen LogP contribution in [0.4, 0.5) is 5.82 Å². The van der Waals surface area contributed by atoms with Gasteiger partial charge in [0.05, 0.1) is 6.54 Å². The van der Waals surface area contributed by atoms with E-state index in [9.17, 15) is 0 Å². The number of hydrogen-bond acceptors (Lipinski definition) is 4. The van der Waals surface area contributed by atoms with Crippen molar-refractivity contribution >= 4 is 23.5 Å². The quantitative estimate of drug-likeness (QED) is 0.681. The normalized spacial score (nSPS) is 20.3. The molecule has 0 aliphatic carbocycles. The van der Waals surface area contributed by atoms with Crippen LogP contribution >= 0.6 is 11.8 Å². The van der Waals surface area contributed by atoms with Gasteiger partial charge < -0.3 is 15.5 Å². The van der Waals surface area contributed by atoms with Crippen molar-refractivity contribution < 1.29 is 0 Å². The van der Waals surface area contributed by atoms with E-state index in [0.29, 0.717) is 12.5 Å². The summed E-state index contributed by atoms with van der Waals surface area (Å²) in [5.41, 5.74) is 7.30.